The molecule has 1 aromatic heterocycles. The molecular formula is C13H18N4O. The van der Waals surface area contributed by atoms with Crippen molar-refractivity contribution in [3.05, 3.63) is 41.8 Å². The van der Waals surface area contributed by atoms with Crippen LogP contribution >= 0.6 is 0 Å². The van der Waals surface area contributed by atoms with E-state index in [1.807, 2.05) is 30.3 Å². The summed E-state index contributed by atoms with van der Waals surface area (Å²) in [5.41, 5.74) is 1.18. The zero-order chi connectivity index (χ0) is 12.6. The van der Waals surface area contributed by atoms with E-state index in [0.717, 1.165) is 13.0 Å². The quantitative estimate of drug-likeness (QED) is 0.733. The van der Waals surface area contributed by atoms with Crippen LogP contribution in [0.15, 0.2) is 34.7 Å². The summed E-state index contributed by atoms with van der Waals surface area (Å²) in [7, 11) is 0. The topological polar surface area (TPSA) is 63.0 Å². The Morgan fingerprint density at radius 1 is 1.11 bits per heavy atom. The van der Waals surface area contributed by atoms with Gasteiger partial charge in [0.2, 0.25) is 5.89 Å². The van der Waals surface area contributed by atoms with Crippen LogP contribution < -0.4 is 10.6 Å². The van der Waals surface area contributed by atoms with Crippen LogP contribution in [0.4, 0.5) is 6.01 Å². The maximum Gasteiger partial charge on any atom is 0.315 e. The van der Waals surface area contributed by atoms with E-state index in [-0.39, 0.29) is 0 Å². The average Bonchev–Trinajstić information content (AvgIpc) is 2.86. The van der Waals surface area contributed by atoms with Gasteiger partial charge >= 0.3 is 6.01 Å². The number of hydrogen-bond donors (Lipinski definition) is 2. The Morgan fingerprint density at radius 3 is 2.72 bits per heavy atom. The highest BCUT2D eigenvalue weighted by molar-refractivity contribution is 5.23. The van der Waals surface area contributed by atoms with Crippen LogP contribution in [0, 0.1) is 0 Å². The lowest BCUT2D eigenvalue weighted by atomic mass is 10.2. The number of anilines is 1. The van der Waals surface area contributed by atoms with Crippen molar-refractivity contribution < 1.29 is 4.42 Å². The Kier molecular flexibility index (Phi) is 4.72. The van der Waals surface area contributed by atoms with Gasteiger partial charge in [0.15, 0.2) is 0 Å². The summed E-state index contributed by atoms with van der Waals surface area (Å²) in [6, 6.07) is 10.6. The van der Waals surface area contributed by atoms with Gasteiger partial charge in [-0.25, -0.2) is 0 Å². The monoisotopic (exact) mass is 246 g/mol. The Morgan fingerprint density at radius 2 is 1.94 bits per heavy atom. The molecule has 0 aliphatic heterocycles. The molecule has 0 fully saturated rings. The second-order valence-electron chi connectivity index (χ2n) is 4.02. The third kappa shape index (κ3) is 3.85. The minimum atomic E-state index is 0.465. The first kappa shape index (κ1) is 12.6. The fourth-order valence-corrected chi connectivity index (χ4v) is 1.54. The van der Waals surface area contributed by atoms with Crippen molar-refractivity contribution in [2.24, 2.45) is 0 Å². The summed E-state index contributed by atoms with van der Waals surface area (Å²) in [6.45, 7) is 4.38. The van der Waals surface area contributed by atoms with Gasteiger partial charge in [0, 0.05) is 6.54 Å². The van der Waals surface area contributed by atoms with Crippen LogP contribution in [0.2, 0.25) is 0 Å². The second kappa shape index (κ2) is 6.76. The first-order valence-electron chi connectivity index (χ1n) is 6.19. The lowest BCUT2D eigenvalue weighted by Crippen LogP contribution is -2.13. The molecular weight excluding hydrogens is 228 g/mol. The lowest BCUT2D eigenvalue weighted by molar-refractivity contribution is 0.477. The maximum atomic E-state index is 5.46. The molecule has 2 rings (SSSR count). The standard InChI is InChI=1S/C13H18N4O/c1-2-8-14-10-12-16-17-13(18-12)15-9-11-6-4-3-5-7-11/h3-7,14H,2,8-10H2,1H3,(H,15,17). The number of aromatic nitrogens is 2. The fourth-order valence-electron chi connectivity index (χ4n) is 1.54. The predicted molar refractivity (Wildman–Crippen MR) is 70.1 cm³/mol. The molecule has 0 spiro atoms. The zero-order valence-corrected chi connectivity index (χ0v) is 10.5. The maximum absolute atomic E-state index is 5.46. The summed E-state index contributed by atoms with van der Waals surface area (Å²) >= 11 is 0. The SMILES string of the molecule is CCCNCc1nnc(NCc2ccccc2)o1. The minimum Gasteiger partial charge on any atom is -0.407 e. The van der Waals surface area contributed by atoms with Gasteiger partial charge in [-0.1, -0.05) is 42.4 Å². The molecule has 0 amide bonds. The summed E-state index contributed by atoms with van der Waals surface area (Å²) in [5, 5.41) is 14.2. The number of rotatable bonds is 7. The molecule has 0 saturated heterocycles. The molecule has 0 radical (unpaired) electrons. The molecule has 0 aliphatic rings. The van der Waals surface area contributed by atoms with Gasteiger partial charge < -0.3 is 15.1 Å². The molecule has 0 aliphatic carbocycles. The van der Waals surface area contributed by atoms with Crippen molar-refractivity contribution in [3.63, 3.8) is 0 Å². The molecule has 0 saturated carbocycles. The van der Waals surface area contributed by atoms with Crippen molar-refractivity contribution in [3.8, 4) is 0 Å². The molecule has 2 N–H and O–H groups in total. The summed E-state index contributed by atoms with van der Waals surface area (Å²) in [6.07, 6.45) is 1.09. The van der Waals surface area contributed by atoms with E-state index in [2.05, 4.69) is 27.8 Å². The van der Waals surface area contributed by atoms with Gasteiger partial charge in [-0.3, -0.25) is 0 Å². The van der Waals surface area contributed by atoms with E-state index < -0.39 is 0 Å². The number of hydrogen-bond acceptors (Lipinski definition) is 5. The Hall–Kier alpha value is -1.88. The molecule has 18 heavy (non-hydrogen) atoms. The molecule has 2 aromatic rings. The van der Waals surface area contributed by atoms with Gasteiger partial charge in [0.25, 0.3) is 0 Å². The van der Waals surface area contributed by atoms with Gasteiger partial charge in [0.05, 0.1) is 6.54 Å². The fraction of sp³-hybridized carbons (Fsp3) is 0.385. The average molecular weight is 246 g/mol. The van der Waals surface area contributed by atoms with Crippen LogP contribution in [0.1, 0.15) is 24.8 Å². The zero-order valence-electron chi connectivity index (χ0n) is 10.5. The Labute approximate surface area is 107 Å². The van der Waals surface area contributed by atoms with Crippen LogP contribution in [0.25, 0.3) is 0 Å². The molecule has 0 unspecified atom stereocenters. The molecule has 5 nitrogen and oxygen atoms in total. The Bertz CT molecular complexity index is 455. The van der Waals surface area contributed by atoms with Crippen LogP contribution in [-0.4, -0.2) is 16.7 Å². The molecule has 0 bridgehead atoms. The molecule has 1 aromatic carbocycles. The Balaban J connectivity index is 1.80. The normalized spacial score (nSPS) is 10.5. The predicted octanol–water partition coefficient (Wildman–Crippen LogP) is 2.18. The lowest BCUT2D eigenvalue weighted by Gasteiger charge is -2.00. The van der Waals surface area contributed by atoms with Gasteiger partial charge in [-0.15, -0.1) is 5.10 Å². The van der Waals surface area contributed by atoms with E-state index in [0.29, 0.717) is 25.0 Å². The van der Waals surface area contributed by atoms with E-state index in [9.17, 15) is 0 Å². The number of benzene rings is 1. The first-order valence-corrected chi connectivity index (χ1v) is 6.19. The summed E-state index contributed by atoms with van der Waals surface area (Å²) < 4.78 is 5.46. The van der Waals surface area contributed by atoms with Crippen LogP contribution in [0.5, 0.6) is 0 Å². The van der Waals surface area contributed by atoms with Crippen molar-refractivity contribution in [2.45, 2.75) is 26.4 Å². The second-order valence-corrected chi connectivity index (χ2v) is 4.02. The summed E-state index contributed by atoms with van der Waals surface area (Å²) in [5.74, 6) is 0.610. The number of nitrogens with zero attached hydrogens (tertiary/aromatic N) is 2. The van der Waals surface area contributed by atoms with Crippen molar-refractivity contribution >= 4 is 6.01 Å². The van der Waals surface area contributed by atoms with E-state index in [4.69, 9.17) is 4.42 Å². The third-order valence-corrected chi connectivity index (χ3v) is 2.46. The van der Waals surface area contributed by atoms with Crippen LogP contribution in [-0.2, 0) is 13.1 Å². The molecule has 0 atom stereocenters. The van der Waals surface area contributed by atoms with Gasteiger partial charge in [-0.05, 0) is 18.5 Å². The molecule has 5 heteroatoms. The highest BCUT2D eigenvalue weighted by atomic mass is 16.4. The third-order valence-electron chi connectivity index (χ3n) is 2.46. The molecule has 96 valence electrons. The highest BCUT2D eigenvalue weighted by Crippen LogP contribution is 2.07. The van der Waals surface area contributed by atoms with E-state index >= 15 is 0 Å². The van der Waals surface area contributed by atoms with Gasteiger partial charge in [-0.2, -0.15) is 0 Å². The van der Waals surface area contributed by atoms with Crippen molar-refractivity contribution in [2.75, 3.05) is 11.9 Å². The molecule has 1 heterocycles. The van der Waals surface area contributed by atoms with E-state index in [1.54, 1.807) is 0 Å². The van der Waals surface area contributed by atoms with Crippen LogP contribution in [0.3, 0.4) is 0 Å². The van der Waals surface area contributed by atoms with Crippen molar-refractivity contribution in [1.29, 1.82) is 0 Å². The summed E-state index contributed by atoms with van der Waals surface area (Å²) in [4.78, 5) is 0. The van der Waals surface area contributed by atoms with Gasteiger partial charge in [0.1, 0.15) is 0 Å². The smallest absolute Gasteiger partial charge is 0.315 e. The van der Waals surface area contributed by atoms with E-state index in [1.165, 1.54) is 5.56 Å². The highest BCUT2D eigenvalue weighted by Gasteiger charge is 2.04. The van der Waals surface area contributed by atoms with Crippen molar-refractivity contribution in [1.82, 2.24) is 15.5 Å². The largest absolute Gasteiger partial charge is 0.407 e. The number of nitrogens with one attached hydrogen (secondary N) is 2. The minimum absolute atomic E-state index is 0.465. The first-order chi connectivity index (χ1) is 8.88.